The number of guanidine groups is 1. The van der Waals surface area contributed by atoms with Gasteiger partial charge in [-0.1, -0.05) is 26.2 Å². The second-order valence-corrected chi connectivity index (χ2v) is 5.34. The van der Waals surface area contributed by atoms with Gasteiger partial charge in [-0.2, -0.15) is 0 Å². The van der Waals surface area contributed by atoms with Crippen molar-refractivity contribution in [2.75, 3.05) is 20.2 Å². The summed E-state index contributed by atoms with van der Waals surface area (Å²) in [7, 11) is 1.42. The van der Waals surface area contributed by atoms with E-state index in [0.717, 1.165) is 31.9 Å². The van der Waals surface area contributed by atoms with Crippen LogP contribution in [0.2, 0.25) is 0 Å². The van der Waals surface area contributed by atoms with Gasteiger partial charge in [0.05, 0.1) is 7.11 Å². The number of carbonyl (C=O) groups excluding carboxylic acids is 1. The van der Waals surface area contributed by atoms with Gasteiger partial charge in [-0.3, -0.25) is 9.79 Å². The average Bonchev–Trinajstić information content (AvgIpc) is 2.47. The van der Waals surface area contributed by atoms with Gasteiger partial charge in [0, 0.05) is 25.6 Å². The summed E-state index contributed by atoms with van der Waals surface area (Å²) >= 11 is 0. The number of carbonyl (C=O) groups is 1. The third kappa shape index (κ3) is 14.4. The zero-order chi connectivity index (χ0) is 15.9. The van der Waals surface area contributed by atoms with Crippen molar-refractivity contribution in [3.05, 3.63) is 0 Å². The minimum absolute atomic E-state index is 0. The molecule has 6 heteroatoms. The number of nitrogens with zero attached hydrogens (tertiary/aromatic N) is 1. The van der Waals surface area contributed by atoms with E-state index in [4.69, 9.17) is 0 Å². The summed E-state index contributed by atoms with van der Waals surface area (Å²) in [5.74, 6) is 0.730. The first-order chi connectivity index (χ1) is 10.1. The maximum atomic E-state index is 11.0. The number of nitrogens with one attached hydrogen (secondary N) is 2. The van der Waals surface area contributed by atoms with Gasteiger partial charge in [-0.05, 0) is 33.1 Å². The Kier molecular flexibility index (Phi) is 18.2. The highest BCUT2D eigenvalue weighted by molar-refractivity contribution is 14.0. The lowest BCUT2D eigenvalue weighted by Gasteiger charge is -2.17. The summed E-state index contributed by atoms with van der Waals surface area (Å²) in [5.41, 5.74) is 0. The molecule has 0 amide bonds. The van der Waals surface area contributed by atoms with Crippen LogP contribution in [0, 0.1) is 0 Å². The van der Waals surface area contributed by atoms with E-state index in [1.165, 1.54) is 32.8 Å². The quantitative estimate of drug-likeness (QED) is 0.174. The highest BCUT2D eigenvalue weighted by atomic mass is 127. The maximum Gasteiger partial charge on any atom is 0.305 e. The molecular weight excluding hydrogens is 393 g/mol. The number of ether oxygens (including phenoxy) is 1. The van der Waals surface area contributed by atoms with E-state index in [-0.39, 0.29) is 29.9 Å². The molecule has 5 nitrogen and oxygen atoms in total. The smallest absolute Gasteiger partial charge is 0.305 e. The van der Waals surface area contributed by atoms with Gasteiger partial charge >= 0.3 is 5.97 Å². The number of hydrogen-bond acceptors (Lipinski definition) is 3. The van der Waals surface area contributed by atoms with E-state index in [2.05, 4.69) is 41.1 Å². The molecule has 0 radical (unpaired) electrons. The number of halogens is 1. The Morgan fingerprint density at radius 2 is 1.91 bits per heavy atom. The Balaban J connectivity index is 0. The molecule has 22 heavy (non-hydrogen) atoms. The first-order valence-electron chi connectivity index (χ1n) is 8.25. The molecule has 0 aliphatic heterocycles. The van der Waals surface area contributed by atoms with Crippen LogP contribution < -0.4 is 10.6 Å². The lowest BCUT2D eigenvalue weighted by Crippen LogP contribution is -2.42. The zero-order valence-electron chi connectivity index (χ0n) is 14.6. The Labute approximate surface area is 153 Å². The van der Waals surface area contributed by atoms with Crippen molar-refractivity contribution in [1.29, 1.82) is 0 Å². The molecule has 1 atom stereocenters. The van der Waals surface area contributed by atoms with E-state index in [0.29, 0.717) is 12.5 Å². The molecule has 0 saturated heterocycles. The summed E-state index contributed by atoms with van der Waals surface area (Å²) in [6.45, 7) is 8.07. The summed E-state index contributed by atoms with van der Waals surface area (Å²) in [6, 6.07) is 0.435. The van der Waals surface area contributed by atoms with Gasteiger partial charge in [0.25, 0.3) is 0 Å². The topological polar surface area (TPSA) is 62.7 Å². The fraction of sp³-hybridized carbons (Fsp3) is 0.875. The standard InChI is InChI=1S/C16H33N3O2.HI/c1-5-7-8-11-14(3)19-16(17-6-2)18-13-10-9-12-15(20)21-4;/h14H,5-13H2,1-4H3,(H2,17,18,19);1H. The highest BCUT2D eigenvalue weighted by Crippen LogP contribution is 2.03. The minimum atomic E-state index is -0.145. The average molecular weight is 427 g/mol. The Morgan fingerprint density at radius 3 is 2.50 bits per heavy atom. The largest absolute Gasteiger partial charge is 0.469 e. The van der Waals surface area contributed by atoms with Gasteiger partial charge in [-0.15, -0.1) is 24.0 Å². The lowest BCUT2D eigenvalue weighted by molar-refractivity contribution is -0.140. The minimum Gasteiger partial charge on any atom is -0.469 e. The summed E-state index contributed by atoms with van der Waals surface area (Å²) in [6.07, 6.45) is 7.15. The van der Waals surface area contributed by atoms with Gasteiger partial charge in [0.2, 0.25) is 0 Å². The SMILES string of the molecule is CCCCCC(C)NC(=NCCCCC(=O)OC)NCC.I. The van der Waals surface area contributed by atoms with Crippen LogP contribution in [-0.4, -0.2) is 38.2 Å². The van der Waals surface area contributed by atoms with Crippen LogP contribution in [0.3, 0.4) is 0 Å². The normalized spacial score (nSPS) is 12.3. The van der Waals surface area contributed by atoms with Crippen molar-refractivity contribution < 1.29 is 9.53 Å². The lowest BCUT2D eigenvalue weighted by atomic mass is 10.1. The molecule has 0 bridgehead atoms. The first-order valence-corrected chi connectivity index (χ1v) is 8.25. The molecule has 2 N–H and O–H groups in total. The summed E-state index contributed by atoms with van der Waals surface area (Å²) in [4.78, 5) is 15.5. The molecule has 0 aromatic rings. The summed E-state index contributed by atoms with van der Waals surface area (Å²) in [5, 5.41) is 6.70. The molecule has 0 aliphatic rings. The van der Waals surface area contributed by atoms with E-state index in [1.54, 1.807) is 0 Å². The van der Waals surface area contributed by atoms with Crippen LogP contribution in [0.4, 0.5) is 0 Å². The number of unbranched alkanes of at least 4 members (excludes halogenated alkanes) is 3. The van der Waals surface area contributed by atoms with Crippen molar-refractivity contribution in [2.24, 2.45) is 4.99 Å². The Morgan fingerprint density at radius 1 is 1.18 bits per heavy atom. The van der Waals surface area contributed by atoms with Crippen LogP contribution in [0.15, 0.2) is 4.99 Å². The van der Waals surface area contributed by atoms with E-state index in [1.807, 2.05) is 0 Å². The third-order valence-corrected chi connectivity index (χ3v) is 3.25. The van der Waals surface area contributed by atoms with E-state index in [9.17, 15) is 4.79 Å². The van der Waals surface area contributed by atoms with Crippen LogP contribution in [0.1, 0.15) is 65.7 Å². The predicted molar refractivity (Wildman–Crippen MR) is 104 cm³/mol. The predicted octanol–water partition coefficient (Wildman–Crippen LogP) is 3.47. The third-order valence-electron chi connectivity index (χ3n) is 3.25. The van der Waals surface area contributed by atoms with Gasteiger partial charge in [0.1, 0.15) is 0 Å². The van der Waals surface area contributed by atoms with E-state index < -0.39 is 0 Å². The number of methoxy groups -OCH3 is 1. The van der Waals surface area contributed by atoms with Crippen molar-refractivity contribution in [3.63, 3.8) is 0 Å². The van der Waals surface area contributed by atoms with Crippen LogP contribution in [0.25, 0.3) is 0 Å². The van der Waals surface area contributed by atoms with Crippen molar-refractivity contribution in [3.8, 4) is 0 Å². The molecule has 0 aliphatic carbocycles. The number of rotatable bonds is 11. The molecular formula is C16H34IN3O2. The Bertz CT molecular complexity index is 299. The van der Waals surface area contributed by atoms with Crippen LogP contribution in [0.5, 0.6) is 0 Å². The maximum absolute atomic E-state index is 11.0. The van der Waals surface area contributed by atoms with Crippen LogP contribution in [-0.2, 0) is 9.53 Å². The zero-order valence-corrected chi connectivity index (χ0v) is 16.9. The molecule has 0 aromatic carbocycles. The molecule has 132 valence electrons. The molecule has 0 rings (SSSR count). The van der Waals surface area contributed by atoms with Crippen molar-refractivity contribution in [1.82, 2.24) is 10.6 Å². The molecule has 1 unspecified atom stereocenters. The van der Waals surface area contributed by atoms with Crippen molar-refractivity contribution in [2.45, 2.75) is 71.8 Å². The fourth-order valence-corrected chi connectivity index (χ4v) is 2.00. The first kappa shape index (κ1) is 23.7. The second-order valence-electron chi connectivity index (χ2n) is 5.34. The summed E-state index contributed by atoms with van der Waals surface area (Å²) < 4.78 is 4.62. The molecule has 0 aromatic heterocycles. The number of hydrogen-bond donors (Lipinski definition) is 2. The van der Waals surface area contributed by atoms with Crippen molar-refractivity contribution >= 4 is 35.9 Å². The number of aliphatic imine (C=N–C) groups is 1. The Hall–Kier alpha value is -0.530. The molecule has 0 fully saturated rings. The number of esters is 1. The monoisotopic (exact) mass is 427 g/mol. The van der Waals surface area contributed by atoms with E-state index >= 15 is 0 Å². The highest BCUT2D eigenvalue weighted by Gasteiger charge is 2.04. The molecule has 0 spiro atoms. The van der Waals surface area contributed by atoms with Crippen LogP contribution >= 0.6 is 24.0 Å². The van der Waals surface area contributed by atoms with Gasteiger partial charge in [-0.25, -0.2) is 0 Å². The fourth-order valence-electron chi connectivity index (χ4n) is 2.00. The van der Waals surface area contributed by atoms with Gasteiger partial charge in [0.15, 0.2) is 5.96 Å². The molecule has 0 saturated carbocycles. The molecule has 0 heterocycles. The second kappa shape index (κ2) is 16.8. The van der Waals surface area contributed by atoms with Gasteiger partial charge < -0.3 is 15.4 Å².